The Morgan fingerprint density at radius 2 is 2.26 bits per heavy atom. The molecule has 0 radical (unpaired) electrons. The van der Waals surface area contributed by atoms with Gasteiger partial charge in [-0.25, -0.2) is 0 Å². The minimum absolute atomic E-state index is 0.0794. The first-order valence-corrected chi connectivity index (χ1v) is 7.27. The van der Waals surface area contributed by atoms with E-state index >= 15 is 0 Å². The third-order valence-electron chi connectivity index (χ3n) is 3.36. The van der Waals surface area contributed by atoms with Gasteiger partial charge in [0.05, 0.1) is 0 Å². The van der Waals surface area contributed by atoms with Gasteiger partial charge in [-0.3, -0.25) is 9.78 Å². The summed E-state index contributed by atoms with van der Waals surface area (Å²) in [5.41, 5.74) is 1.52. The number of rotatable bonds is 7. The SMILES string of the molecule is CCCCN(C(=O)c1cc(NCC)ccn1)C1CC1. The second kappa shape index (κ2) is 6.55. The number of hydrogen-bond donors (Lipinski definition) is 1. The fourth-order valence-corrected chi connectivity index (χ4v) is 2.17. The summed E-state index contributed by atoms with van der Waals surface area (Å²) in [6, 6.07) is 4.20. The number of hydrogen-bond acceptors (Lipinski definition) is 3. The van der Waals surface area contributed by atoms with Gasteiger partial charge in [0.25, 0.3) is 5.91 Å². The van der Waals surface area contributed by atoms with Crippen LogP contribution in [0.4, 0.5) is 5.69 Å². The molecule has 1 amide bonds. The van der Waals surface area contributed by atoms with Crippen molar-refractivity contribution in [1.29, 1.82) is 0 Å². The first-order valence-electron chi connectivity index (χ1n) is 7.27. The quantitative estimate of drug-likeness (QED) is 0.821. The van der Waals surface area contributed by atoms with E-state index in [1.807, 2.05) is 24.0 Å². The Hall–Kier alpha value is -1.58. The van der Waals surface area contributed by atoms with E-state index < -0.39 is 0 Å². The number of unbranched alkanes of at least 4 members (excludes halogenated alkanes) is 1. The molecule has 19 heavy (non-hydrogen) atoms. The fourth-order valence-electron chi connectivity index (χ4n) is 2.17. The predicted molar refractivity (Wildman–Crippen MR) is 77.4 cm³/mol. The van der Waals surface area contributed by atoms with E-state index in [0.717, 1.165) is 44.5 Å². The highest BCUT2D eigenvalue weighted by molar-refractivity contribution is 5.93. The number of aromatic nitrogens is 1. The number of pyridine rings is 1. The second-order valence-electron chi connectivity index (χ2n) is 5.04. The van der Waals surface area contributed by atoms with Crippen molar-refractivity contribution >= 4 is 11.6 Å². The van der Waals surface area contributed by atoms with Crippen molar-refractivity contribution in [2.24, 2.45) is 0 Å². The van der Waals surface area contributed by atoms with Crippen LogP contribution in [0.5, 0.6) is 0 Å². The molecule has 104 valence electrons. The van der Waals surface area contributed by atoms with Crippen LogP contribution in [0.1, 0.15) is 50.0 Å². The third kappa shape index (κ3) is 3.69. The number of nitrogens with one attached hydrogen (secondary N) is 1. The van der Waals surface area contributed by atoms with Crippen LogP contribution < -0.4 is 5.32 Å². The van der Waals surface area contributed by atoms with E-state index in [1.165, 1.54) is 0 Å². The zero-order valence-electron chi connectivity index (χ0n) is 11.9. The molecule has 1 aliphatic rings. The molecule has 0 saturated heterocycles. The Labute approximate surface area is 115 Å². The number of nitrogens with zero attached hydrogens (tertiary/aromatic N) is 2. The largest absolute Gasteiger partial charge is 0.385 e. The molecule has 4 heteroatoms. The molecule has 0 atom stereocenters. The van der Waals surface area contributed by atoms with Gasteiger partial charge in [-0.05, 0) is 38.3 Å². The molecule has 0 bridgehead atoms. The first-order chi connectivity index (χ1) is 9.26. The molecule has 0 aliphatic heterocycles. The standard InChI is InChI=1S/C15H23N3O/c1-3-5-10-18(13-6-7-13)15(19)14-11-12(16-4-2)8-9-17-14/h8-9,11,13H,3-7,10H2,1-2H3,(H,16,17). The second-order valence-corrected chi connectivity index (χ2v) is 5.04. The van der Waals surface area contributed by atoms with Gasteiger partial charge in [-0.15, -0.1) is 0 Å². The highest BCUT2D eigenvalue weighted by atomic mass is 16.2. The minimum Gasteiger partial charge on any atom is -0.385 e. The molecule has 1 N–H and O–H groups in total. The van der Waals surface area contributed by atoms with Gasteiger partial charge in [0, 0.05) is 31.0 Å². The molecule has 2 rings (SSSR count). The summed E-state index contributed by atoms with van der Waals surface area (Å²) in [5.74, 6) is 0.0794. The molecule has 1 saturated carbocycles. The van der Waals surface area contributed by atoms with Crippen LogP contribution in [0, 0.1) is 0 Å². The lowest BCUT2D eigenvalue weighted by Crippen LogP contribution is -2.34. The summed E-state index contributed by atoms with van der Waals surface area (Å²) in [4.78, 5) is 18.8. The minimum atomic E-state index is 0.0794. The predicted octanol–water partition coefficient (Wildman–Crippen LogP) is 2.92. The molecule has 1 fully saturated rings. The van der Waals surface area contributed by atoms with E-state index in [9.17, 15) is 4.79 Å². The number of amides is 1. The van der Waals surface area contributed by atoms with Crippen molar-refractivity contribution in [2.75, 3.05) is 18.4 Å². The molecule has 0 aromatic carbocycles. The first kappa shape index (κ1) is 13.8. The molecule has 1 aromatic rings. The molecule has 1 aliphatic carbocycles. The zero-order valence-corrected chi connectivity index (χ0v) is 11.9. The monoisotopic (exact) mass is 261 g/mol. The average molecular weight is 261 g/mol. The van der Waals surface area contributed by atoms with E-state index in [2.05, 4.69) is 17.2 Å². The zero-order chi connectivity index (χ0) is 13.7. The van der Waals surface area contributed by atoms with Gasteiger partial charge in [0.15, 0.2) is 0 Å². The maximum atomic E-state index is 12.5. The van der Waals surface area contributed by atoms with Gasteiger partial charge in [0.1, 0.15) is 5.69 Å². The van der Waals surface area contributed by atoms with Crippen LogP contribution in [0.15, 0.2) is 18.3 Å². The maximum absolute atomic E-state index is 12.5. The van der Waals surface area contributed by atoms with Gasteiger partial charge >= 0.3 is 0 Å². The number of carbonyl (C=O) groups is 1. The van der Waals surface area contributed by atoms with Crippen LogP contribution in [0.2, 0.25) is 0 Å². The molecule has 1 aromatic heterocycles. The molecular formula is C15H23N3O. The van der Waals surface area contributed by atoms with Crippen LogP contribution in [0.25, 0.3) is 0 Å². The smallest absolute Gasteiger partial charge is 0.272 e. The van der Waals surface area contributed by atoms with Crippen molar-refractivity contribution in [3.63, 3.8) is 0 Å². The summed E-state index contributed by atoms with van der Waals surface area (Å²) in [6.45, 7) is 5.90. The van der Waals surface area contributed by atoms with E-state index in [0.29, 0.717) is 11.7 Å². The number of carbonyl (C=O) groups excluding carboxylic acids is 1. The summed E-state index contributed by atoms with van der Waals surface area (Å²) in [7, 11) is 0. The van der Waals surface area contributed by atoms with Crippen LogP contribution >= 0.6 is 0 Å². The number of anilines is 1. The normalized spacial score (nSPS) is 14.2. The van der Waals surface area contributed by atoms with E-state index in [4.69, 9.17) is 0 Å². The topological polar surface area (TPSA) is 45.2 Å². The van der Waals surface area contributed by atoms with Crippen molar-refractivity contribution in [1.82, 2.24) is 9.88 Å². The van der Waals surface area contributed by atoms with Crippen LogP contribution in [-0.4, -0.2) is 34.9 Å². The summed E-state index contributed by atoms with van der Waals surface area (Å²) < 4.78 is 0. The van der Waals surface area contributed by atoms with Gasteiger partial charge in [0.2, 0.25) is 0 Å². The van der Waals surface area contributed by atoms with Gasteiger partial charge in [-0.2, -0.15) is 0 Å². The van der Waals surface area contributed by atoms with Crippen LogP contribution in [0.3, 0.4) is 0 Å². The Morgan fingerprint density at radius 1 is 1.47 bits per heavy atom. The molecule has 4 nitrogen and oxygen atoms in total. The van der Waals surface area contributed by atoms with Gasteiger partial charge < -0.3 is 10.2 Å². The van der Waals surface area contributed by atoms with E-state index in [1.54, 1.807) is 6.20 Å². The Balaban J connectivity index is 2.09. The lowest BCUT2D eigenvalue weighted by Gasteiger charge is -2.22. The van der Waals surface area contributed by atoms with E-state index in [-0.39, 0.29) is 5.91 Å². The Morgan fingerprint density at radius 3 is 2.89 bits per heavy atom. The van der Waals surface area contributed by atoms with Crippen molar-refractivity contribution in [3.05, 3.63) is 24.0 Å². The summed E-state index contributed by atoms with van der Waals surface area (Å²) >= 11 is 0. The van der Waals surface area contributed by atoms with Gasteiger partial charge in [-0.1, -0.05) is 13.3 Å². The molecule has 1 heterocycles. The lowest BCUT2D eigenvalue weighted by atomic mass is 10.2. The maximum Gasteiger partial charge on any atom is 0.272 e. The highest BCUT2D eigenvalue weighted by Crippen LogP contribution is 2.28. The average Bonchev–Trinajstić information content (AvgIpc) is 3.24. The summed E-state index contributed by atoms with van der Waals surface area (Å²) in [5, 5.41) is 3.22. The summed E-state index contributed by atoms with van der Waals surface area (Å²) in [6.07, 6.45) is 6.16. The van der Waals surface area contributed by atoms with Crippen LogP contribution in [-0.2, 0) is 0 Å². The van der Waals surface area contributed by atoms with Crippen molar-refractivity contribution < 1.29 is 4.79 Å². The molecular weight excluding hydrogens is 238 g/mol. The lowest BCUT2D eigenvalue weighted by molar-refractivity contribution is 0.0735. The Kier molecular flexibility index (Phi) is 4.77. The Bertz CT molecular complexity index is 429. The van der Waals surface area contributed by atoms with Crippen molar-refractivity contribution in [3.8, 4) is 0 Å². The highest BCUT2D eigenvalue weighted by Gasteiger charge is 2.33. The third-order valence-corrected chi connectivity index (χ3v) is 3.36. The van der Waals surface area contributed by atoms with Crippen molar-refractivity contribution in [2.45, 2.75) is 45.6 Å². The molecule has 0 spiro atoms. The molecule has 0 unspecified atom stereocenters. The fraction of sp³-hybridized carbons (Fsp3) is 0.600.